The number of nitrogens with one attached hydrogen (secondary N) is 2. The summed E-state index contributed by atoms with van der Waals surface area (Å²) in [6.45, 7) is 0. The van der Waals surface area contributed by atoms with Crippen LogP contribution in [0.25, 0.3) is 10.8 Å². The van der Waals surface area contributed by atoms with Gasteiger partial charge in [0.25, 0.3) is 0 Å². The van der Waals surface area contributed by atoms with Crippen LogP contribution in [-0.4, -0.2) is 24.9 Å². The number of amides is 2. The fourth-order valence-electron chi connectivity index (χ4n) is 2.05. The lowest BCUT2D eigenvalue weighted by Crippen LogP contribution is -2.43. The van der Waals surface area contributed by atoms with Crippen LogP contribution < -0.4 is 10.9 Å². The molecule has 0 spiro atoms. The molecule has 6 nitrogen and oxygen atoms in total. The molecule has 0 unspecified atom stereocenters. The Balaban J connectivity index is 1.94. The first kappa shape index (κ1) is 15.5. The Bertz CT molecular complexity index is 707. The lowest BCUT2D eigenvalue weighted by molar-refractivity contribution is -0.144. The molecule has 0 aromatic heterocycles. The van der Waals surface area contributed by atoms with Crippen LogP contribution in [0.1, 0.15) is 12.0 Å². The summed E-state index contributed by atoms with van der Waals surface area (Å²) in [5, 5.41) is 2.03. The molecule has 0 aliphatic carbocycles. The molecule has 2 rings (SSSR count). The van der Waals surface area contributed by atoms with Crippen molar-refractivity contribution in [1.82, 2.24) is 10.9 Å². The summed E-state index contributed by atoms with van der Waals surface area (Å²) >= 11 is 0. The van der Waals surface area contributed by atoms with E-state index < -0.39 is 18.3 Å². The zero-order valence-electron chi connectivity index (χ0n) is 12.1. The Kier molecular flexibility index (Phi) is 5.08. The summed E-state index contributed by atoms with van der Waals surface area (Å²) in [6.07, 6.45) is -0.315. The van der Waals surface area contributed by atoms with Gasteiger partial charge in [-0.25, -0.2) is 0 Å². The number of methoxy groups -OCH3 is 1. The third kappa shape index (κ3) is 4.05. The maximum Gasteiger partial charge on any atom is 0.315 e. The number of carbonyl (C=O) groups is 3. The second-order valence-corrected chi connectivity index (χ2v) is 4.66. The Morgan fingerprint density at radius 2 is 1.64 bits per heavy atom. The molecule has 0 fully saturated rings. The van der Waals surface area contributed by atoms with Gasteiger partial charge in [-0.2, -0.15) is 0 Å². The number of fused-ring (bicyclic) bond motifs is 1. The molecule has 2 aromatic rings. The van der Waals surface area contributed by atoms with Crippen molar-refractivity contribution < 1.29 is 19.1 Å². The SMILES string of the molecule is COC(=O)CC(=O)NNC(=O)Cc1cccc2ccccc12. The van der Waals surface area contributed by atoms with E-state index in [0.717, 1.165) is 16.3 Å². The number of hydrazine groups is 1. The zero-order valence-corrected chi connectivity index (χ0v) is 12.1. The van der Waals surface area contributed by atoms with Gasteiger partial charge in [0, 0.05) is 0 Å². The molecular weight excluding hydrogens is 284 g/mol. The van der Waals surface area contributed by atoms with Gasteiger partial charge in [0.1, 0.15) is 6.42 Å². The normalized spacial score (nSPS) is 10.0. The summed E-state index contributed by atoms with van der Waals surface area (Å²) in [7, 11) is 1.19. The number of carbonyl (C=O) groups excluding carboxylic acids is 3. The van der Waals surface area contributed by atoms with Gasteiger partial charge >= 0.3 is 5.97 Å². The van der Waals surface area contributed by atoms with Gasteiger partial charge in [0.2, 0.25) is 11.8 Å². The Morgan fingerprint density at radius 3 is 2.41 bits per heavy atom. The fraction of sp³-hybridized carbons (Fsp3) is 0.188. The predicted molar refractivity (Wildman–Crippen MR) is 80.6 cm³/mol. The van der Waals surface area contributed by atoms with Crippen LogP contribution in [0.15, 0.2) is 42.5 Å². The summed E-state index contributed by atoms with van der Waals surface area (Å²) in [5.41, 5.74) is 5.31. The number of rotatable bonds is 4. The molecule has 0 aliphatic rings. The lowest BCUT2D eigenvalue weighted by atomic mass is 10.0. The summed E-state index contributed by atoms with van der Waals surface area (Å²) < 4.78 is 4.36. The highest BCUT2D eigenvalue weighted by Crippen LogP contribution is 2.18. The minimum Gasteiger partial charge on any atom is -0.469 e. The first-order chi connectivity index (χ1) is 10.6. The van der Waals surface area contributed by atoms with Crippen LogP contribution in [0.3, 0.4) is 0 Å². The van der Waals surface area contributed by atoms with Crippen molar-refractivity contribution >= 4 is 28.6 Å². The lowest BCUT2D eigenvalue weighted by Gasteiger charge is -2.08. The average Bonchev–Trinajstić information content (AvgIpc) is 2.53. The van der Waals surface area contributed by atoms with Gasteiger partial charge in [0.15, 0.2) is 0 Å². The standard InChI is InChI=1S/C16H16N2O4/c1-22-16(21)10-15(20)18-17-14(19)9-12-7-4-6-11-5-2-3-8-13(11)12/h2-8H,9-10H2,1H3,(H,17,19)(H,18,20). The number of esters is 1. The molecule has 2 amide bonds. The number of hydrogen-bond donors (Lipinski definition) is 2. The first-order valence-electron chi connectivity index (χ1n) is 6.71. The largest absolute Gasteiger partial charge is 0.469 e. The Morgan fingerprint density at radius 1 is 0.955 bits per heavy atom. The molecule has 0 bridgehead atoms. The minimum absolute atomic E-state index is 0.125. The van der Waals surface area contributed by atoms with Gasteiger partial charge in [-0.05, 0) is 16.3 Å². The van der Waals surface area contributed by atoms with E-state index in [0.29, 0.717) is 0 Å². The highest BCUT2D eigenvalue weighted by atomic mass is 16.5. The third-order valence-corrected chi connectivity index (χ3v) is 3.10. The van der Waals surface area contributed by atoms with Crippen LogP contribution in [-0.2, 0) is 25.5 Å². The van der Waals surface area contributed by atoms with Crippen molar-refractivity contribution in [2.45, 2.75) is 12.8 Å². The molecule has 0 heterocycles. The number of hydrogen-bond acceptors (Lipinski definition) is 4. The molecule has 22 heavy (non-hydrogen) atoms. The van der Waals surface area contributed by atoms with Crippen molar-refractivity contribution in [3.63, 3.8) is 0 Å². The monoisotopic (exact) mass is 300 g/mol. The maximum absolute atomic E-state index is 11.9. The summed E-state index contributed by atoms with van der Waals surface area (Å²) in [6, 6.07) is 13.4. The van der Waals surface area contributed by atoms with Crippen LogP contribution >= 0.6 is 0 Å². The van der Waals surface area contributed by atoms with Crippen LogP contribution in [0.2, 0.25) is 0 Å². The quantitative estimate of drug-likeness (QED) is 0.503. The van der Waals surface area contributed by atoms with E-state index in [-0.39, 0.29) is 12.3 Å². The second kappa shape index (κ2) is 7.21. The van der Waals surface area contributed by atoms with E-state index in [2.05, 4.69) is 15.6 Å². The second-order valence-electron chi connectivity index (χ2n) is 4.66. The van der Waals surface area contributed by atoms with Crippen LogP contribution in [0, 0.1) is 0 Å². The van der Waals surface area contributed by atoms with Gasteiger partial charge in [-0.1, -0.05) is 42.5 Å². The molecular formula is C16H16N2O4. The third-order valence-electron chi connectivity index (χ3n) is 3.10. The van der Waals surface area contributed by atoms with Crippen LogP contribution in [0.5, 0.6) is 0 Å². The van der Waals surface area contributed by atoms with E-state index in [1.165, 1.54) is 7.11 Å². The van der Waals surface area contributed by atoms with Gasteiger partial charge in [-0.3, -0.25) is 25.2 Å². The topological polar surface area (TPSA) is 84.5 Å². The van der Waals surface area contributed by atoms with E-state index in [1.807, 2.05) is 42.5 Å². The predicted octanol–water partition coefficient (Wildman–Crippen LogP) is 1.09. The zero-order chi connectivity index (χ0) is 15.9. The Labute approximate surface area is 127 Å². The van der Waals surface area contributed by atoms with Gasteiger partial charge in [-0.15, -0.1) is 0 Å². The summed E-state index contributed by atoms with van der Waals surface area (Å²) in [4.78, 5) is 34.1. The molecule has 2 N–H and O–H groups in total. The molecule has 0 atom stereocenters. The molecule has 0 saturated carbocycles. The molecule has 6 heteroatoms. The van der Waals surface area contributed by atoms with E-state index >= 15 is 0 Å². The van der Waals surface area contributed by atoms with E-state index in [1.54, 1.807) is 0 Å². The smallest absolute Gasteiger partial charge is 0.315 e. The average molecular weight is 300 g/mol. The van der Waals surface area contributed by atoms with Crippen LogP contribution in [0.4, 0.5) is 0 Å². The van der Waals surface area contributed by atoms with Crippen molar-refractivity contribution in [3.05, 3.63) is 48.0 Å². The van der Waals surface area contributed by atoms with Gasteiger partial charge < -0.3 is 4.74 Å². The summed E-state index contributed by atoms with van der Waals surface area (Å²) in [5.74, 6) is -1.66. The first-order valence-corrected chi connectivity index (χ1v) is 6.71. The maximum atomic E-state index is 11.9. The Hall–Kier alpha value is -2.89. The molecule has 2 aromatic carbocycles. The van der Waals surface area contributed by atoms with Crippen molar-refractivity contribution in [2.75, 3.05) is 7.11 Å². The highest BCUT2D eigenvalue weighted by Gasteiger charge is 2.11. The molecule has 0 aliphatic heterocycles. The number of ether oxygens (including phenoxy) is 1. The van der Waals surface area contributed by atoms with E-state index in [9.17, 15) is 14.4 Å². The molecule has 114 valence electrons. The number of benzene rings is 2. The molecule has 0 saturated heterocycles. The van der Waals surface area contributed by atoms with Crippen molar-refractivity contribution in [3.8, 4) is 0 Å². The van der Waals surface area contributed by atoms with Gasteiger partial charge in [0.05, 0.1) is 13.5 Å². The van der Waals surface area contributed by atoms with Crippen molar-refractivity contribution in [2.24, 2.45) is 0 Å². The minimum atomic E-state index is -0.666. The fourth-order valence-corrected chi connectivity index (χ4v) is 2.05. The molecule has 0 radical (unpaired) electrons. The van der Waals surface area contributed by atoms with E-state index in [4.69, 9.17) is 0 Å². The van der Waals surface area contributed by atoms with Crippen molar-refractivity contribution in [1.29, 1.82) is 0 Å². The highest BCUT2D eigenvalue weighted by molar-refractivity contribution is 5.95.